The zero-order valence-corrected chi connectivity index (χ0v) is 16.0. The Labute approximate surface area is 159 Å². The van der Waals surface area contributed by atoms with Gasteiger partial charge in [0.2, 0.25) is 0 Å². The van der Waals surface area contributed by atoms with Crippen LogP contribution < -0.4 is 5.32 Å². The first-order chi connectivity index (χ1) is 13.0. The fourth-order valence-electron chi connectivity index (χ4n) is 3.19. The third-order valence-electron chi connectivity index (χ3n) is 4.59. The summed E-state index contributed by atoms with van der Waals surface area (Å²) in [6, 6.07) is 9.24. The second kappa shape index (κ2) is 8.16. The number of benzene rings is 1. The number of carbonyl (C=O) groups excluding carboxylic acids is 2. The van der Waals surface area contributed by atoms with Gasteiger partial charge in [-0.05, 0) is 30.2 Å². The van der Waals surface area contributed by atoms with Crippen LogP contribution in [0, 0.1) is 5.92 Å². The first-order valence-corrected chi connectivity index (χ1v) is 9.37. The van der Waals surface area contributed by atoms with Crippen LogP contribution >= 0.6 is 0 Å². The zero-order valence-electron chi connectivity index (χ0n) is 16.0. The van der Waals surface area contributed by atoms with Gasteiger partial charge >= 0.3 is 0 Å². The lowest BCUT2D eigenvalue weighted by Gasteiger charge is -2.07. The van der Waals surface area contributed by atoms with Gasteiger partial charge in [-0.2, -0.15) is 0 Å². The van der Waals surface area contributed by atoms with Crippen LogP contribution in [-0.2, 0) is 13.0 Å². The Morgan fingerprint density at radius 1 is 1.22 bits per heavy atom. The number of hydrogen-bond acceptors (Lipinski definition) is 3. The van der Waals surface area contributed by atoms with Crippen molar-refractivity contribution < 1.29 is 9.59 Å². The summed E-state index contributed by atoms with van der Waals surface area (Å²) in [6.45, 7) is 6.34. The minimum Gasteiger partial charge on any atom is -0.358 e. The molecule has 0 saturated heterocycles. The molecular weight excluding hydrogens is 338 g/mol. The fraction of sp³-hybridized carbons (Fsp3) is 0.318. The van der Waals surface area contributed by atoms with E-state index in [0.717, 1.165) is 40.6 Å². The van der Waals surface area contributed by atoms with Crippen LogP contribution in [0.3, 0.4) is 0 Å². The van der Waals surface area contributed by atoms with E-state index in [9.17, 15) is 9.59 Å². The number of rotatable bonds is 7. The number of carbonyl (C=O) groups is 2. The highest BCUT2D eigenvalue weighted by Crippen LogP contribution is 2.27. The lowest BCUT2D eigenvalue weighted by atomic mass is 9.96. The number of aryl methyl sites for hydroxylation is 1. The first kappa shape index (κ1) is 18.8. The van der Waals surface area contributed by atoms with Crippen molar-refractivity contribution in [1.29, 1.82) is 0 Å². The molecule has 140 valence electrons. The molecule has 0 fully saturated rings. The zero-order chi connectivity index (χ0) is 19.4. The molecule has 0 aliphatic carbocycles. The molecule has 2 N–H and O–H groups in total. The molecule has 2 aromatic heterocycles. The van der Waals surface area contributed by atoms with Crippen LogP contribution in [0.5, 0.6) is 0 Å². The number of amides is 1. The lowest BCUT2D eigenvalue weighted by molar-refractivity contribution is 0.0936. The monoisotopic (exact) mass is 363 g/mol. The summed E-state index contributed by atoms with van der Waals surface area (Å²) in [7, 11) is 0. The smallest absolute Gasteiger partial charge is 0.251 e. The molecule has 3 rings (SSSR count). The topological polar surface area (TPSA) is 74.8 Å². The van der Waals surface area contributed by atoms with E-state index >= 15 is 0 Å². The van der Waals surface area contributed by atoms with Gasteiger partial charge in [-0.3, -0.25) is 14.6 Å². The van der Waals surface area contributed by atoms with Gasteiger partial charge in [-0.1, -0.05) is 39.3 Å². The summed E-state index contributed by atoms with van der Waals surface area (Å²) in [4.78, 5) is 32.6. The van der Waals surface area contributed by atoms with Crippen molar-refractivity contribution in [3.63, 3.8) is 0 Å². The Bertz CT molecular complexity index is 958. The molecule has 0 radical (unpaired) electrons. The highest BCUT2D eigenvalue weighted by Gasteiger charge is 2.21. The Balaban J connectivity index is 1.88. The molecule has 5 heteroatoms. The number of pyridine rings is 1. The standard InChI is InChI=1S/C22H25N3O2/c1-4-6-18-20(21(26)14(2)3)17-9-8-16(11-19(17)25-18)22(27)24-13-15-7-5-10-23-12-15/h5,7-12,14,25H,4,6,13H2,1-3H3,(H,24,27). The SMILES string of the molecule is CCCc1[nH]c2cc(C(=O)NCc3cccnc3)ccc2c1C(=O)C(C)C. The molecule has 1 amide bonds. The third kappa shape index (κ3) is 4.08. The van der Waals surface area contributed by atoms with E-state index in [0.29, 0.717) is 12.1 Å². The Morgan fingerprint density at radius 2 is 2.04 bits per heavy atom. The molecule has 3 aromatic rings. The third-order valence-corrected chi connectivity index (χ3v) is 4.59. The van der Waals surface area contributed by atoms with Gasteiger partial charge in [-0.15, -0.1) is 0 Å². The van der Waals surface area contributed by atoms with Crippen molar-refractivity contribution in [2.75, 3.05) is 0 Å². The maximum Gasteiger partial charge on any atom is 0.251 e. The minimum atomic E-state index is -0.149. The van der Waals surface area contributed by atoms with Gasteiger partial charge in [0.05, 0.1) is 0 Å². The molecular formula is C22H25N3O2. The number of nitrogens with one attached hydrogen (secondary N) is 2. The molecule has 1 aromatic carbocycles. The van der Waals surface area contributed by atoms with Gasteiger partial charge in [0, 0.05) is 52.6 Å². The summed E-state index contributed by atoms with van der Waals surface area (Å²) in [5, 5.41) is 3.80. The second-order valence-electron chi connectivity index (χ2n) is 7.05. The average Bonchev–Trinajstić information content (AvgIpc) is 3.03. The fourth-order valence-corrected chi connectivity index (χ4v) is 3.19. The predicted molar refractivity (Wildman–Crippen MR) is 107 cm³/mol. The molecule has 0 aliphatic rings. The van der Waals surface area contributed by atoms with E-state index in [4.69, 9.17) is 0 Å². The van der Waals surface area contributed by atoms with E-state index in [1.54, 1.807) is 18.5 Å². The number of nitrogens with zero attached hydrogens (tertiary/aromatic N) is 1. The highest BCUT2D eigenvalue weighted by molar-refractivity contribution is 6.11. The van der Waals surface area contributed by atoms with Crippen molar-refractivity contribution in [2.45, 2.75) is 40.2 Å². The van der Waals surface area contributed by atoms with Gasteiger partial charge < -0.3 is 10.3 Å². The summed E-state index contributed by atoms with van der Waals surface area (Å²) in [6.07, 6.45) is 5.19. The minimum absolute atomic E-state index is 0.0675. The molecule has 0 bridgehead atoms. The summed E-state index contributed by atoms with van der Waals surface area (Å²) in [5.41, 5.74) is 4.07. The highest BCUT2D eigenvalue weighted by atomic mass is 16.1. The lowest BCUT2D eigenvalue weighted by Crippen LogP contribution is -2.22. The number of aromatic nitrogens is 2. The molecule has 5 nitrogen and oxygen atoms in total. The summed E-state index contributed by atoms with van der Waals surface area (Å²) >= 11 is 0. The normalized spacial score (nSPS) is 11.1. The molecule has 0 spiro atoms. The Hall–Kier alpha value is -2.95. The van der Waals surface area contributed by atoms with Crippen LogP contribution in [0.1, 0.15) is 59.2 Å². The number of ketones is 1. The van der Waals surface area contributed by atoms with E-state index in [2.05, 4.69) is 22.2 Å². The molecule has 0 aliphatic heterocycles. The molecule has 0 saturated carbocycles. The molecule has 0 atom stereocenters. The average molecular weight is 363 g/mol. The van der Waals surface area contributed by atoms with Crippen molar-refractivity contribution >= 4 is 22.6 Å². The van der Waals surface area contributed by atoms with Crippen molar-refractivity contribution in [1.82, 2.24) is 15.3 Å². The Kier molecular flexibility index (Phi) is 5.69. The molecule has 0 unspecified atom stereocenters. The molecule has 2 heterocycles. The van der Waals surface area contributed by atoms with E-state index < -0.39 is 0 Å². The number of hydrogen-bond donors (Lipinski definition) is 2. The van der Waals surface area contributed by atoms with Gasteiger partial charge in [0.15, 0.2) is 5.78 Å². The first-order valence-electron chi connectivity index (χ1n) is 9.37. The van der Waals surface area contributed by atoms with Crippen LogP contribution in [0.15, 0.2) is 42.7 Å². The van der Waals surface area contributed by atoms with Gasteiger partial charge in [0.1, 0.15) is 0 Å². The van der Waals surface area contributed by atoms with Gasteiger partial charge in [0.25, 0.3) is 5.91 Å². The summed E-state index contributed by atoms with van der Waals surface area (Å²) < 4.78 is 0. The van der Waals surface area contributed by atoms with Crippen LogP contribution in [0.2, 0.25) is 0 Å². The summed E-state index contributed by atoms with van der Waals surface area (Å²) in [5.74, 6) is -0.0790. The van der Waals surface area contributed by atoms with Gasteiger partial charge in [-0.25, -0.2) is 0 Å². The maximum atomic E-state index is 12.7. The Morgan fingerprint density at radius 3 is 2.70 bits per heavy atom. The maximum absolute atomic E-state index is 12.7. The van der Waals surface area contributed by atoms with Crippen LogP contribution in [0.4, 0.5) is 0 Å². The number of fused-ring (bicyclic) bond motifs is 1. The predicted octanol–water partition coefficient (Wildman–Crippen LogP) is 4.28. The largest absolute Gasteiger partial charge is 0.358 e. The quantitative estimate of drug-likeness (QED) is 0.615. The van der Waals surface area contributed by atoms with Crippen molar-refractivity contribution in [3.8, 4) is 0 Å². The number of H-pyrrole nitrogens is 1. The van der Waals surface area contributed by atoms with E-state index in [1.807, 2.05) is 38.1 Å². The van der Waals surface area contributed by atoms with E-state index in [1.165, 1.54) is 0 Å². The second-order valence-corrected chi connectivity index (χ2v) is 7.05. The number of aromatic amines is 1. The van der Waals surface area contributed by atoms with Crippen LogP contribution in [-0.4, -0.2) is 21.7 Å². The molecule has 27 heavy (non-hydrogen) atoms. The van der Waals surface area contributed by atoms with Crippen LogP contribution in [0.25, 0.3) is 10.9 Å². The van der Waals surface area contributed by atoms with Crippen molar-refractivity contribution in [2.24, 2.45) is 5.92 Å². The van der Waals surface area contributed by atoms with Crippen molar-refractivity contribution in [3.05, 3.63) is 65.1 Å². The number of Topliss-reactive ketones (excluding diaryl/α,β-unsaturated/α-hetero) is 1. The van der Waals surface area contributed by atoms with E-state index in [-0.39, 0.29) is 17.6 Å².